The zero-order valence-electron chi connectivity index (χ0n) is 12.6. The highest BCUT2D eigenvalue weighted by molar-refractivity contribution is 5.89. The molecule has 106 valence electrons. The highest BCUT2D eigenvalue weighted by Crippen LogP contribution is 2.28. The van der Waals surface area contributed by atoms with Crippen molar-refractivity contribution >= 4 is 16.5 Å². The van der Waals surface area contributed by atoms with Crippen LogP contribution in [0, 0.1) is 0 Å². The highest BCUT2D eigenvalue weighted by Gasteiger charge is 2.02. The van der Waals surface area contributed by atoms with E-state index in [1.807, 2.05) is 12.1 Å². The normalized spacial score (nSPS) is 10.6. The Morgan fingerprint density at radius 1 is 0.714 bits per heavy atom. The minimum Gasteiger partial charge on any atom is -0.497 e. The van der Waals surface area contributed by atoms with Crippen molar-refractivity contribution in [3.8, 4) is 16.9 Å². The molecule has 0 aliphatic rings. The molecular weight excluding hydrogens is 258 g/mol. The Balaban J connectivity index is 2.02. The van der Waals surface area contributed by atoms with Crippen molar-refractivity contribution in [1.82, 2.24) is 0 Å². The summed E-state index contributed by atoms with van der Waals surface area (Å²) in [6.07, 6.45) is 0. The molecule has 0 unspecified atom stereocenters. The molecule has 3 rings (SSSR count). The molecule has 0 amide bonds. The predicted octanol–water partition coefficient (Wildman–Crippen LogP) is 4.58. The molecule has 21 heavy (non-hydrogen) atoms. The molecule has 0 fully saturated rings. The van der Waals surface area contributed by atoms with E-state index in [1.165, 1.54) is 27.6 Å². The second kappa shape index (κ2) is 5.49. The van der Waals surface area contributed by atoms with Crippen LogP contribution in [-0.2, 0) is 0 Å². The van der Waals surface area contributed by atoms with Crippen molar-refractivity contribution in [2.45, 2.75) is 0 Å². The van der Waals surface area contributed by atoms with E-state index in [9.17, 15) is 0 Å². The quantitative estimate of drug-likeness (QED) is 0.694. The van der Waals surface area contributed by atoms with Gasteiger partial charge in [-0.05, 0) is 52.2 Å². The summed E-state index contributed by atoms with van der Waals surface area (Å²) in [5.74, 6) is 0.884. The summed E-state index contributed by atoms with van der Waals surface area (Å²) in [5, 5.41) is 2.52. The lowest BCUT2D eigenvalue weighted by Gasteiger charge is -2.13. The van der Waals surface area contributed by atoms with Crippen LogP contribution in [0.15, 0.2) is 60.7 Å². The predicted molar refractivity (Wildman–Crippen MR) is 90.3 cm³/mol. The average molecular weight is 277 g/mol. The van der Waals surface area contributed by atoms with Gasteiger partial charge in [-0.25, -0.2) is 0 Å². The second-order valence-electron chi connectivity index (χ2n) is 5.37. The van der Waals surface area contributed by atoms with Gasteiger partial charge in [0.1, 0.15) is 5.75 Å². The van der Waals surface area contributed by atoms with Gasteiger partial charge in [0, 0.05) is 19.8 Å². The van der Waals surface area contributed by atoms with E-state index in [0.29, 0.717) is 0 Å². The summed E-state index contributed by atoms with van der Waals surface area (Å²) in [4.78, 5) is 2.12. The molecular formula is C19H19NO. The summed E-state index contributed by atoms with van der Waals surface area (Å²) in [6, 6.07) is 21.3. The maximum absolute atomic E-state index is 5.21. The van der Waals surface area contributed by atoms with E-state index in [4.69, 9.17) is 4.74 Å². The minimum atomic E-state index is 0.884. The fourth-order valence-electron chi connectivity index (χ4n) is 2.47. The van der Waals surface area contributed by atoms with E-state index in [1.54, 1.807) is 7.11 Å². The maximum Gasteiger partial charge on any atom is 0.118 e. The molecule has 0 heterocycles. The first-order chi connectivity index (χ1) is 10.2. The highest BCUT2D eigenvalue weighted by atomic mass is 16.5. The fourth-order valence-corrected chi connectivity index (χ4v) is 2.47. The first kappa shape index (κ1) is 13.5. The molecule has 2 heteroatoms. The number of methoxy groups -OCH3 is 1. The van der Waals surface area contributed by atoms with Gasteiger partial charge in [0.05, 0.1) is 7.11 Å². The third-order valence-corrected chi connectivity index (χ3v) is 3.76. The van der Waals surface area contributed by atoms with Crippen LogP contribution in [-0.4, -0.2) is 21.2 Å². The van der Waals surface area contributed by atoms with Crippen LogP contribution in [0.25, 0.3) is 21.9 Å². The van der Waals surface area contributed by atoms with E-state index in [2.05, 4.69) is 67.5 Å². The third kappa shape index (κ3) is 2.70. The van der Waals surface area contributed by atoms with Gasteiger partial charge in [-0.15, -0.1) is 0 Å². The molecule has 0 aliphatic carbocycles. The minimum absolute atomic E-state index is 0.884. The van der Waals surface area contributed by atoms with Gasteiger partial charge in [-0.2, -0.15) is 0 Å². The number of fused-ring (bicyclic) bond motifs is 1. The van der Waals surface area contributed by atoms with Gasteiger partial charge in [-0.3, -0.25) is 0 Å². The number of ether oxygens (including phenoxy) is 1. The smallest absolute Gasteiger partial charge is 0.118 e. The van der Waals surface area contributed by atoms with Crippen LogP contribution in [0.5, 0.6) is 5.75 Å². The number of hydrogen-bond acceptors (Lipinski definition) is 2. The van der Waals surface area contributed by atoms with Crippen LogP contribution in [0.4, 0.5) is 5.69 Å². The van der Waals surface area contributed by atoms with Crippen LogP contribution in [0.1, 0.15) is 0 Å². The summed E-state index contributed by atoms with van der Waals surface area (Å²) < 4.78 is 5.21. The van der Waals surface area contributed by atoms with Crippen molar-refractivity contribution in [2.24, 2.45) is 0 Å². The summed E-state index contributed by atoms with van der Waals surface area (Å²) >= 11 is 0. The van der Waals surface area contributed by atoms with Gasteiger partial charge in [0.2, 0.25) is 0 Å². The number of hydrogen-bond donors (Lipinski definition) is 0. The van der Waals surface area contributed by atoms with Crippen LogP contribution < -0.4 is 9.64 Å². The standard InChI is InChI=1S/C19H19NO/c1-20(2)18-9-6-16-12-15(4-5-17(16)13-18)14-7-10-19(21-3)11-8-14/h4-13H,1-3H3. The van der Waals surface area contributed by atoms with Gasteiger partial charge in [0.25, 0.3) is 0 Å². The Bertz CT molecular complexity index is 760. The van der Waals surface area contributed by atoms with Crippen molar-refractivity contribution in [3.63, 3.8) is 0 Å². The van der Waals surface area contributed by atoms with E-state index in [0.717, 1.165) is 5.75 Å². The van der Waals surface area contributed by atoms with E-state index in [-0.39, 0.29) is 0 Å². The van der Waals surface area contributed by atoms with Crippen molar-refractivity contribution in [2.75, 3.05) is 26.1 Å². The van der Waals surface area contributed by atoms with E-state index < -0.39 is 0 Å². The second-order valence-corrected chi connectivity index (χ2v) is 5.37. The molecule has 0 radical (unpaired) electrons. The first-order valence-corrected chi connectivity index (χ1v) is 7.03. The Morgan fingerprint density at radius 2 is 1.33 bits per heavy atom. The van der Waals surface area contributed by atoms with Crippen molar-refractivity contribution in [3.05, 3.63) is 60.7 Å². The molecule has 0 atom stereocenters. The van der Waals surface area contributed by atoms with Gasteiger partial charge in [0.15, 0.2) is 0 Å². The van der Waals surface area contributed by atoms with Crippen molar-refractivity contribution in [1.29, 1.82) is 0 Å². The average Bonchev–Trinajstić information content (AvgIpc) is 2.54. The van der Waals surface area contributed by atoms with Crippen LogP contribution in [0.3, 0.4) is 0 Å². The number of nitrogens with zero attached hydrogens (tertiary/aromatic N) is 1. The fraction of sp³-hybridized carbons (Fsp3) is 0.158. The maximum atomic E-state index is 5.21. The Labute approximate surface area is 125 Å². The van der Waals surface area contributed by atoms with Crippen molar-refractivity contribution < 1.29 is 4.74 Å². The van der Waals surface area contributed by atoms with E-state index >= 15 is 0 Å². The number of rotatable bonds is 3. The molecule has 0 aliphatic heterocycles. The SMILES string of the molecule is COc1ccc(-c2ccc3cc(N(C)C)ccc3c2)cc1. The molecule has 0 saturated carbocycles. The molecule has 3 aromatic carbocycles. The van der Waals surface area contributed by atoms with Gasteiger partial charge < -0.3 is 9.64 Å². The van der Waals surface area contributed by atoms with Gasteiger partial charge in [-0.1, -0.05) is 30.3 Å². The monoisotopic (exact) mass is 277 g/mol. The zero-order valence-corrected chi connectivity index (χ0v) is 12.6. The topological polar surface area (TPSA) is 12.5 Å². The Hall–Kier alpha value is -2.48. The first-order valence-electron chi connectivity index (χ1n) is 7.03. The molecule has 3 aromatic rings. The van der Waals surface area contributed by atoms with Crippen LogP contribution >= 0.6 is 0 Å². The number of benzene rings is 3. The molecule has 0 bridgehead atoms. The lowest BCUT2D eigenvalue weighted by molar-refractivity contribution is 0.415. The molecule has 2 nitrogen and oxygen atoms in total. The summed E-state index contributed by atoms with van der Waals surface area (Å²) in [5.41, 5.74) is 3.65. The number of anilines is 1. The Morgan fingerprint density at radius 3 is 2.00 bits per heavy atom. The molecule has 0 N–H and O–H groups in total. The molecule has 0 spiro atoms. The zero-order chi connectivity index (χ0) is 14.8. The summed E-state index contributed by atoms with van der Waals surface area (Å²) in [7, 11) is 5.81. The molecule has 0 saturated heterocycles. The third-order valence-electron chi connectivity index (χ3n) is 3.76. The van der Waals surface area contributed by atoms with Gasteiger partial charge >= 0.3 is 0 Å². The lowest BCUT2D eigenvalue weighted by atomic mass is 10.0. The largest absolute Gasteiger partial charge is 0.497 e. The Kier molecular flexibility index (Phi) is 3.53. The van der Waals surface area contributed by atoms with Crippen LogP contribution in [0.2, 0.25) is 0 Å². The molecule has 0 aromatic heterocycles. The lowest BCUT2D eigenvalue weighted by Crippen LogP contribution is -2.07. The summed E-state index contributed by atoms with van der Waals surface area (Å²) in [6.45, 7) is 0.